The van der Waals surface area contributed by atoms with Crippen molar-refractivity contribution in [2.75, 3.05) is 0 Å². The summed E-state index contributed by atoms with van der Waals surface area (Å²) in [6.45, 7) is 4.04. The molecule has 1 aromatic carbocycles. The van der Waals surface area contributed by atoms with Crippen LogP contribution >= 0.6 is 11.6 Å². The lowest BCUT2D eigenvalue weighted by molar-refractivity contribution is 0.666. The summed E-state index contributed by atoms with van der Waals surface area (Å²) in [5.41, 5.74) is 8.08. The van der Waals surface area contributed by atoms with Crippen molar-refractivity contribution >= 4 is 11.6 Å². The summed E-state index contributed by atoms with van der Waals surface area (Å²) in [5, 5.41) is 0.849. The van der Waals surface area contributed by atoms with Gasteiger partial charge in [-0.3, -0.25) is 0 Å². The largest absolute Gasteiger partial charge is 0.328 e. The highest BCUT2D eigenvalue weighted by Gasteiger charge is 1.99. The summed E-state index contributed by atoms with van der Waals surface area (Å²) in [7, 11) is 0. The van der Waals surface area contributed by atoms with Crippen LogP contribution in [0.1, 0.15) is 24.5 Å². The van der Waals surface area contributed by atoms with E-state index >= 15 is 0 Å². The molecule has 0 aromatic heterocycles. The van der Waals surface area contributed by atoms with Crippen molar-refractivity contribution in [1.82, 2.24) is 0 Å². The molecule has 0 radical (unpaired) electrons. The third-order valence-corrected chi connectivity index (χ3v) is 2.53. The molecular formula is C11H16ClN. The van der Waals surface area contributed by atoms with Gasteiger partial charge >= 0.3 is 0 Å². The first-order valence-corrected chi connectivity index (χ1v) is 4.98. The highest BCUT2D eigenvalue weighted by atomic mass is 35.5. The van der Waals surface area contributed by atoms with Crippen molar-refractivity contribution in [3.05, 3.63) is 34.3 Å². The van der Waals surface area contributed by atoms with Gasteiger partial charge in [0, 0.05) is 11.1 Å². The molecule has 0 unspecified atom stereocenters. The van der Waals surface area contributed by atoms with Gasteiger partial charge in [-0.15, -0.1) is 0 Å². The van der Waals surface area contributed by atoms with Gasteiger partial charge in [-0.25, -0.2) is 0 Å². The number of aryl methyl sites for hydroxylation is 2. The normalized spacial score (nSPS) is 12.9. The van der Waals surface area contributed by atoms with E-state index < -0.39 is 0 Å². The van der Waals surface area contributed by atoms with Crippen molar-refractivity contribution in [3.8, 4) is 0 Å². The molecule has 0 saturated carbocycles. The van der Waals surface area contributed by atoms with Gasteiger partial charge in [0.25, 0.3) is 0 Å². The van der Waals surface area contributed by atoms with Gasteiger partial charge in [0.15, 0.2) is 0 Å². The zero-order chi connectivity index (χ0) is 9.84. The molecule has 0 saturated heterocycles. The second-order valence-corrected chi connectivity index (χ2v) is 4.01. The van der Waals surface area contributed by atoms with Crippen LogP contribution in [0.2, 0.25) is 5.02 Å². The second-order valence-electron chi connectivity index (χ2n) is 3.60. The van der Waals surface area contributed by atoms with E-state index in [4.69, 9.17) is 17.3 Å². The maximum Gasteiger partial charge on any atom is 0.0437 e. The summed E-state index contributed by atoms with van der Waals surface area (Å²) in [5.74, 6) is 0. The van der Waals surface area contributed by atoms with Crippen LogP contribution in [-0.2, 0) is 6.42 Å². The fraction of sp³-hybridized carbons (Fsp3) is 0.455. The summed E-state index contributed by atoms with van der Waals surface area (Å²) in [4.78, 5) is 0. The molecule has 2 N–H and O–H groups in total. The molecule has 0 aliphatic carbocycles. The number of benzene rings is 1. The van der Waals surface area contributed by atoms with Crippen LogP contribution in [0.15, 0.2) is 18.2 Å². The predicted molar refractivity (Wildman–Crippen MR) is 58.2 cm³/mol. The average molecular weight is 198 g/mol. The summed E-state index contributed by atoms with van der Waals surface area (Å²) in [6, 6.07) is 6.46. The minimum atomic E-state index is 0.264. The summed E-state index contributed by atoms with van der Waals surface area (Å²) < 4.78 is 0. The molecule has 0 amide bonds. The smallest absolute Gasteiger partial charge is 0.0437 e. The molecular weight excluding hydrogens is 182 g/mol. The number of hydrogen-bond acceptors (Lipinski definition) is 1. The molecule has 72 valence electrons. The molecule has 1 nitrogen and oxygen atoms in total. The van der Waals surface area contributed by atoms with E-state index in [9.17, 15) is 0 Å². The van der Waals surface area contributed by atoms with E-state index in [1.54, 1.807) is 0 Å². The summed E-state index contributed by atoms with van der Waals surface area (Å²) >= 11 is 6.00. The molecule has 1 atom stereocenters. The predicted octanol–water partition coefficient (Wildman–Crippen LogP) is 2.93. The van der Waals surface area contributed by atoms with Gasteiger partial charge in [0.1, 0.15) is 0 Å². The molecule has 0 bridgehead atoms. The molecule has 0 spiro atoms. The van der Waals surface area contributed by atoms with Crippen molar-refractivity contribution < 1.29 is 0 Å². The van der Waals surface area contributed by atoms with Crippen molar-refractivity contribution in [3.63, 3.8) is 0 Å². The van der Waals surface area contributed by atoms with E-state index in [1.807, 2.05) is 19.9 Å². The van der Waals surface area contributed by atoms with Crippen LogP contribution < -0.4 is 5.73 Å². The number of halogens is 1. The quantitative estimate of drug-likeness (QED) is 0.793. The monoisotopic (exact) mass is 197 g/mol. The first kappa shape index (κ1) is 10.6. The zero-order valence-electron chi connectivity index (χ0n) is 8.18. The Labute approximate surface area is 84.9 Å². The van der Waals surface area contributed by atoms with Gasteiger partial charge in [-0.2, -0.15) is 0 Å². The molecule has 0 heterocycles. The lowest BCUT2D eigenvalue weighted by atomic mass is 10.1. The SMILES string of the molecule is Cc1ccc(CC[C@@H](C)N)cc1Cl. The van der Waals surface area contributed by atoms with Gasteiger partial charge in [0.2, 0.25) is 0 Å². The van der Waals surface area contributed by atoms with Crippen molar-refractivity contribution in [1.29, 1.82) is 0 Å². The van der Waals surface area contributed by atoms with Gasteiger partial charge in [0.05, 0.1) is 0 Å². The number of rotatable bonds is 3. The van der Waals surface area contributed by atoms with E-state index in [0.29, 0.717) is 0 Å². The number of nitrogens with two attached hydrogens (primary N) is 1. The van der Waals surface area contributed by atoms with E-state index in [-0.39, 0.29) is 6.04 Å². The van der Waals surface area contributed by atoms with Gasteiger partial charge < -0.3 is 5.73 Å². The maximum atomic E-state index is 6.00. The fourth-order valence-electron chi connectivity index (χ4n) is 1.19. The molecule has 13 heavy (non-hydrogen) atoms. The lowest BCUT2D eigenvalue weighted by Crippen LogP contribution is -2.15. The first-order valence-electron chi connectivity index (χ1n) is 4.60. The van der Waals surface area contributed by atoms with Crippen LogP contribution in [0, 0.1) is 6.92 Å². The third kappa shape index (κ3) is 3.37. The average Bonchev–Trinajstić information content (AvgIpc) is 2.07. The summed E-state index contributed by atoms with van der Waals surface area (Å²) in [6.07, 6.45) is 2.02. The standard InChI is InChI=1S/C11H16ClN/c1-8-3-5-10(7-11(8)12)6-4-9(2)13/h3,5,7,9H,4,6,13H2,1-2H3/t9-/m1/s1. The maximum absolute atomic E-state index is 6.00. The first-order chi connectivity index (χ1) is 6.09. The fourth-order valence-corrected chi connectivity index (χ4v) is 1.39. The Kier molecular flexibility index (Phi) is 3.76. The molecule has 1 rings (SSSR count). The lowest BCUT2D eigenvalue weighted by Gasteiger charge is -2.06. The van der Waals surface area contributed by atoms with Crippen LogP contribution in [0.25, 0.3) is 0 Å². The number of hydrogen-bond donors (Lipinski definition) is 1. The van der Waals surface area contributed by atoms with E-state index in [2.05, 4.69) is 12.1 Å². The van der Waals surface area contributed by atoms with E-state index in [0.717, 1.165) is 23.4 Å². The van der Waals surface area contributed by atoms with Crippen molar-refractivity contribution in [2.24, 2.45) is 5.73 Å². The Morgan fingerprint density at radius 1 is 1.46 bits per heavy atom. The molecule has 2 heteroatoms. The van der Waals surface area contributed by atoms with Crippen LogP contribution in [0.4, 0.5) is 0 Å². The second kappa shape index (κ2) is 4.64. The van der Waals surface area contributed by atoms with Crippen LogP contribution in [0.3, 0.4) is 0 Å². The van der Waals surface area contributed by atoms with Gasteiger partial charge in [-0.1, -0.05) is 23.7 Å². The Bertz CT molecular complexity index is 281. The minimum Gasteiger partial charge on any atom is -0.328 e. The van der Waals surface area contributed by atoms with Crippen LogP contribution in [0.5, 0.6) is 0 Å². The Hall–Kier alpha value is -0.530. The molecule has 0 fully saturated rings. The Morgan fingerprint density at radius 2 is 2.15 bits per heavy atom. The van der Waals surface area contributed by atoms with Gasteiger partial charge in [-0.05, 0) is 43.9 Å². The Balaban J connectivity index is 2.63. The highest BCUT2D eigenvalue weighted by Crippen LogP contribution is 2.17. The highest BCUT2D eigenvalue weighted by molar-refractivity contribution is 6.31. The minimum absolute atomic E-state index is 0.264. The topological polar surface area (TPSA) is 26.0 Å². The van der Waals surface area contributed by atoms with Crippen LogP contribution in [-0.4, -0.2) is 6.04 Å². The molecule has 0 aliphatic rings. The van der Waals surface area contributed by atoms with E-state index in [1.165, 1.54) is 5.56 Å². The third-order valence-electron chi connectivity index (χ3n) is 2.12. The molecule has 1 aromatic rings. The Morgan fingerprint density at radius 3 is 2.69 bits per heavy atom. The van der Waals surface area contributed by atoms with Crippen molar-refractivity contribution in [2.45, 2.75) is 32.7 Å². The molecule has 0 aliphatic heterocycles. The zero-order valence-corrected chi connectivity index (χ0v) is 8.93.